The van der Waals surface area contributed by atoms with E-state index < -0.39 is 16.3 Å². The summed E-state index contributed by atoms with van der Waals surface area (Å²) in [6.45, 7) is 0. The van der Waals surface area contributed by atoms with Crippen molar-refractivity contribution in [2.75, 3.05) is 0 Å². The van der Waals surface area contributed by atoms with Gasteiger partial charge in [-0.25, -0.2) is 0 Å². The Balaban J connectivity index is 2.00. The number of nitro benzene ring substituents is 1. The van der Waals surface area contributed by atoms with Gasteiger partial charge in [-0.1, -0.05) is 11.6 Å². The molecule has 6 nitrogen and oxygen atoms in total. The lowest BCUT2D eigenvalue weighted by Gasteiger charge is -2.30. The van der Waals surface area contributed by atoms with Crippen LogP contribution in [0, 0.1) is 15.5 Å². The maximum absolute atomic E-state index is 11.8. The second-order valence-corrected chi connectivity index (χ2v) is 6.13. The van der Waals surface area contributed by atoms with Gasteiger partial charge in [0.05, 0.1) is 17.1 Å². The summed E-state index contributed by atoms with van der Waals surface area (Å²) in [5.74, 6) is -0.955. The first-order chi connectivity index (χ1) is 9.92. The number of ether oxygens (including phenoxy) is 1. The van der Waals surface area contributed by atoms with Crippen LogP contribution in [0.5, 0.6) is 0 Å². The highest BCUT2D eigenvalue weighted by molar-refractivity contribution is 6.30. The summed E-state index contributed by atoms with van der Waals surface area (Å²) in [5.41, 5.74) is -0.827. The van der Waals surface area contributed by atoms with Crippen LogP contribution in [0.1, 0.15) is 24.8 Å². The van der Waals surface area contributed by atoms with Crippen molar-refractivity contribution in [2.45, 2.75) is 37.9 Å². The average Bonchev–Trinajstić information content (AvgIpc) is 2.99. The van der Waals surface area contributed by atoms with Gasteiger partial charge in [0.1, 0.15) is 5.41 Å². The van der Waals surface area contributed by atoms with Crippen LogP contribution in [0.3, 0.4) is 0 Å². The number of carboxylic acid groups (broad SMARTS) is 1. The fraction of sp³-hybridized carbons (Fsp3) is 0.500. The lowest BCUT2D eigenvalue weighted by molar-refractivity contribution is -0.385. The van der Waals surface area contributed by atoms with Crippen LogP contribution < -0.4 is 0 Å². The third kappa shape index (κ3) is 2.28. The van der Waals surface area contributed by atoms with Crippen LogP contribution in [-0.2, 0) is 16.0 Å². The standard InChI is InChI=1S/C14H14ClNO5/c15-9-1-3-11(16(19)20)8(5-9)6-14(13(17)18)7-10-2-4-12(14)21-10/h1,3,5,10,12H,2,4,6-7H2,(H,17,18). The second-order valence-electron chi connectivity index (χ2n) is 5.70. The predicted molar refractivity (Wildman–Crippen MR) is 74.4 cm³/mol. The lowest BCUT2D eigenvalue weighted by atomic mass is 9.70. The zero-order valence-electron chi connectivity index (χ0n) is 11.1. The van der Waals surface area contributed by atoms with Gasteiger partial charge >= 0.3 is 5.97 Å². The molecular weight excluding hydrogens is 298 g/mol. The van der Waals surface area contributed by atoms with Gasteiger partial charge in [-0.2, -0.15) is 0 Å². The molecular formula is C14H14ClNO5. The molecule has 7 heteroatoms. The van der Waals surface area contributed by atoms with Crippen LogP contribution in [0.2, 0.25) is 5.02 Å². The molecule has 0 aliphatic carbocycles. The maximum Gasteiger partial charge on any atom is 0.312 e. The molecule has 0 amide bonds. The van der Waals surface area contributed by atoms with Gasteiger partial charge in [0.15, 0.2) is 0 Å². The Hall–Kier alpha value is -1.66. The van der Waals surface area contributed by atoms with E-state index in [-0.39, 0.29) is 24.3 Å². The summed E-state index contributed by atoms with van der Waals surface area (Å²) < 4.78 is 5.67. The highest BCUT2D eigenvalue weighted by Gasteiger charge is 2.57. The Labute approximate surface area is 125 Å². The van der Waals surface area contributed by atoms with E-state index in [0.717, 1.165) is 6.42 Å². The Morgan fingerprint density at radius 2 is 2.29 bits per heavy atom. The zero-order valence-corrected chi connectivity index (χ0v) is 11.9. The van der Waals surface area contributed by atoms with Gasteiger partial charge in [0, 0.05) is 16.7 Å². The van der Waals surface area contributed by atoms with Crippen molar-refractivity contribution in [3.8, 4) is 0 Å². The number of carboxylic acids is 1. The van der Waals surface area contributed by atoms with E-state index in [4.69, 9.17) is 16.3 Å². The second kappa shape index (κ2) is 4.96. The summed E-state index contributed by atoms with van der Waals surface area (Å²) >= 11 is 5.91. The van der Waals surface area contributed by atoms with Crippen molar-refractivity contribution < 1.29 is 19.6 Å². The maximum atomic E-state index is 11.8. The number of nitrogens with zero attached hydrogens (tertiary/aromatic N) is 1. The minimum absolute atomic E-state index is 0.0515. The Morgan fingerprint density at radius 3 is 2.81 bits per heavy atom. The third-order valence-corrected chi connectivity index (χ3v) is 4.72. The van der Waals surface area contributed by atoms with E-state index in [1.165, 1.54) is 18.2 Å². The highest BCUT2D eigenvalue weighted by Crippen LogP contribution is 2.50. The van der Waals surface area contributed by atoms with Gasteiger partial charge in [-0.3, -0.25) is 14.9 Å². The molecule has 0 saturated carbocycles. The molecule has 0 radical (unpaired) electrons. The number of fused-ring (bicyclic) bond motifs is 2. The molecule has 3 unspecified atom stereocenters. The van der Waals surface area contributed by atoms with Crippen molar-refractivity contribution in [2.24, 2.45) is 5.41 Å². The lowest BCUT2D eigenvalue weighted by Crippen LogP contribution is -2.42. The molecule has 2 aliphatic rings. The van der Waals surface area contributed by atoms with E-state index in [2.05, 4.69) is 0 Å². The van der Waals surface area contributed by atoms with Gasteiger partial charge in [-0.15, -0.1) is 0 Å². The molecule has 1 aromatic carbocycles. The molecule has 1 aromatic rings. The van der Waals surface area contributed by atoms with Crippen LogP contribution in [0.25, 0.3) is 0 Å². The Morgan fingerprint density at radius 1 is 1.52 bits per heavy atom. The molecule has 2 aliphatic heterocycles. The highest BCUT2D eigenvalue weighted by atomic mass is 35.5. The third-order valence-electron chi connectivity index (χ3n) is 4.49. The van der Waals surface area contributed by atoms with Gasteiger partial charge < -0.3 is 9.84 Å². The number of benzene rings is 1. The molecule has 21 heavy (non-hydrogen) atoms. The normalized spacial score (nSPS) is 30.5. The number of hydrogen-bond acceptors (Lipinski definition) is 4. The van der Waals surface area contributed by atoms with Crippen LogP contribution in [-0.4, -0.2) is 28.2 Å². The first-order valence-corrected chi connectivity index (χ1v) is 7.12. The van der Waals surface area contributed by atoms with Crippen molar-refractivity contribution in [1.82, 2.24) is 0 Å². The quantitative estimate of drug-likeness (QED) is 0.682. The van der Waals surface area contributed by atoms with E-state index in [0.29, 0.717) is 23.4 Å². The molecule has 0 spiro atoms. The molecule has 3 rings (SSSR count). The van der Waals surface area contributed by atoms with Gasteiger partial charge in [0.2, 0.25) is 0 Å². The largest absolute Gasteiger partial charge is 0.481 e. The zero-order chi connectivity index (χ0) is 15.2. The van der Waals surface area contributed by atoms with E-state index >= 15 is 0 Å². The SMILES string of the molecule is O=C(O)C1(Cc2cc(Cl)ccc2[N+](=O)[O-])CC2CCC1O2. The van der Waals surface area contributed by atoms with Crippen LogP contribution in [0.4, 0.5) is 5.69 Å². The molecule has 2 bridgehead atoms. The summed E-state index contributed by atoms with van der Waals surface area (Å²) in [6, 6.07) is 4.24. The predicted octanol–water partition coefficient (Wildman–Crippen LogP) is 2.81. The van der Waals surface area contributed by atoms with E-state index in [1.54, 1.807) is 0 Å². The first-order valence-electron chi connectivity index (χ1n) is 6.74. The van der Waals surface area contributed by atoms with Crippen molar-refractivity contribution in [1.29, 1.82) is 0 Å². The number of carbonyl (C=O) groups is 1. The monoisotopic (exact) mass is 311 g/mol. The van der Waals surface area contributed by atoms with Gasteiger partial charge in [-0.05, 0) is 37.8 Å². The van der Waals surface area contributed by atoms with E-state index in [9.17, 15) is 20.0 Å². The molecule has 0 aromatic heterocycles. The fourth-order valence-corrected chi connectivity index (χ4v) is 3.70. The van der Waals surface area contributed by atoms with Crippen molar-refractivity contribution in [3.63, 3.8) is 0 Å². The van der Waals surface area contributed by atoms with E-state index in [1.807, 2.05) is 0 Å². The average molecular weight is 312 g/mol. The number of aliphatic carboxylic acids is 1. The molecule has 2 fully saturated rings. The molecule has 112 valence electrons. The number of hydrogen-bond donors (Lipinski definition) is 1. The summed E-state index contributed by atoms with van der Waals surface area (Å²) in [7, 11) is 0. The number of rotatable bonds is 4. The summed E-state index contributed by atoms with van der Waals surface area (Å²) in [4.78, 5) is 22.4. The minimum Gasteiger partial charge on any atom is -0.481 e. The molecule has 2 saturated heterocycles. The van der Waals surface area contributed by atoms with Crippen molar-refractivity contribution in [3.05, 3.63) is 38.9 Å². The Kier molecular flexibility index (Phi) is 3.37. The molecule has 3 atom stereocenters. The molecule has 1 N–H and O–H groups in total. The van der Waals surface area contributed by atoms with Crippen molar-refractivity contribution >= 4 is 23.3 Å². The first kappa shape index (κ1) is 14.3. The number of halogens is 1. The molecule has 2 heterocycles. The van der Waals surface area contributed by atoms with Crippen LogP contribution >= 0.6 is 11.6 Å². The fourth-order valence-electron chi connectivity index (χ4n) is 3.50. The summed E-state index contributed by atoms with van der Waals surface area (Å²) in [6.07, 6.45) is 1.59. The smallest absolute Gasteiger partial charge is 0.312 e. The number of nitro groups is 1. The summed E-state index contributed by atoms with van der Waals surface area (Å²) in [5, 5.41) is 21.1. The van der Waals surface area contributed by atoms with Crippen LogP contribution in [0.15, 0.2) is 18.2 Å². The topological polar surface area (TPSA) is 89.7 Å². The minimum atomic E-state index is -1.08. The Bertz CT molecular complexity index is 619. The van der Waals surface area contributed by atoms with Gasteiger partial charge in [0.25, 0.3) is 5.69 Å².